The van der Waals surface area contributed by atoms with Crippen molar-refractivity contribution in [1.82, 2.24) is 14.3 Å². The fourth-order valence-corrected chi connectivity index (χ4v) is 4.44. The van der Waals surface area contributed by atoms with E-state index in [0.29, 0.717) is 12.7 Å². The molecule has 0 saturated heterocycles. The monoisotopic (exact) mass is 417 g/mol. The summed E-state index contributed by atoms with van der Waals surface area (Å²) in [5.41, 5.74) is 1.13. The van der Waals surface area contributed by atoms with Crippen molar-refractivity contribution in [3.63, 3.8) is 0 Å². The minimum absolute atomic E-state index is 0.500. The summed E-state index contributed by atoms with van der Waals surface area (Å²) in [7, 11) is 5.50. The van der Waals surface area contributed by atoms with Gasteiger partial charge in [-0.25, -0.2) is 0 Å². The molecule has 1 aliphatic rings. The Bertz CT molecular complexity index is 1010. The van der Waals surface area contributed by atoms with Crippen molar-refractivity contribution in [3.05, 3.63) is 46.0 Å². The van der Waals surface area contributed by atoms with Crippen LogP contribution in [0.4, 0.5) is 0 Å². The van der Waals surface area contributed by atoms with E-state index in [0.717, 1.165) is 34.2 Å². The third kappa shape index (κ3) is 3.85. The predicted octanol–water partition coefficient (Wildman–Crippen LogP) is 3.17. The van der Waals surface area contributed by atoms with Gasteiger partial charge in [0.05, 0.1) is 26.1 Å². The molecule has 1 atom stereocenters. The summed E-state index contributed by atoms with van der Waals surface area (Å²) in [5, 5.41) is 6.96. The second kappa shape index (κ2) is 8.06. The molecule has 4 rings (SSSR count). The summed E-state index contributed by atoms with van der Waals surface area (Å²) in [6.45, 7) is 1.51. The number of hydrogen-bond donors (Lipinski definition) is 1. The summed E-state index contributed by atoms with van der Waals surface area (Å²) in [6.07, 6.45) is 2.37. The van der Waals surface area contributed by atoms with Gasteiger partial charge in [-0.15, -0.1) is 16.4 Å². The molecular weight excluding hydrogens is 392 g/mol. The minimum Gasteiger partial charge on any atom is -0.497 e. The van der Waals surface area contributed by atoms with Gasteiger partial charge in [-0.3, -0.25) is 4.57 Å². The Labute approximate surface area is 173 Å². The molecule has 1 N–H and O–H groups in total. The zero-order valence-electron chi connectivity index (χ0n) is 16.3. The molecule has 0 amide bonds. The number of methoxy groups -OCH3 is 2. The molecule has 148 valence electrons. The van der Waals surface area contributed by atoms with Crippen molar-refractivity contribution >= 4 is 23.6 Å². The normalized spacial score (nSPS) is 14.8. The molecule has 0 aliphatic heterocycles. The average Bonchev–Trinajstić information content (AvgIpc) is 3.28. The van der Waals surface area contributed by atoms with Gasteiger partial charge < -0.3 is 14.4 Å². The van der Waals surface area contributed by atoms with E-state index in [9.17, 15) is 0 Å². The number of quaternary nitrogens is 1. The smallest absolute Gasteiger partial charge is 0.203 e. The van der Waals surface area contributed by atoms with Crippen molar-refractivity contribution in [2.75, 3.05) is 21.3 Å². The zero-order chi connectivity index (χ0) is 19.7. The van der Waals surface area contributed by atoms with E-state index in [1.54, 1.807) is 25.6 Å². The highest BCUT2D eigenvalue weighted by molar-refractivity contribution is 7.71. The van der Waals surface area contributed by atoms with E-state index < -0.39 is 0 Å². The van der Waals surface area contributed by atoms with Crippen LogP contribution in [0.15, 0.2) is 35.7 Å². The standard InChI is InChI=1S/C20H24N4O2S2/c1-22(12-14-6-9-16(25-2)11-17(14)26-3)13-23-20(27)24(15-7-8-15)19(21-23)18-5-4-10-28-18/h4-6,9-11,15H,7-8,12-13H2,1-3H3/p+1. The number of rotatable bonds is 8. The number of nitrogens with zero attached hydrogens (tertiary/aromatic N) is 3. The van der Waals surface area contributed by atoms with Crippen LogP contribution in [0.3, 0.4) is 0 Å². The molecule has 28 heavy (non-hydrogen) atoms. The van der Waals surface area contributed by atoms with Crippen molar-refractivity contribution in [2.45, 2.75) is 32.1 Å². The molecule has 0 bridgehead atoms. The van der Waals surface area contributed by atoms with Crippen molar-refractivity contribution in [3.8, 4) is 22.2 Å². The molecule has 2 heterocycles. The Balaban J connectivity index is 1.56. The van der Waals surface area contributed by atoms with E-state index in [4.69, 9.17) is 26.8 Å². The van der Waals surface area contributed by atoms with E-state index in [2.05, 4.69) is 35.2 Å². The lowest BCUT2D eigenvalue weighted by Crippen LogP contribution is -3.07. The highest BCUT2D eigenvalue weighted by Crippen LogP contribution is 2.39. The molecule has 8 heteroatoms. The third-order valence-electron chi connectivity index (χ3n) is 4.93. The molecule has 0 spiro atoms. The molecule has 1 aromatic carbocycles. The van der Waals surface area contributed by atoms with Gasteiger partial charge in [0.25, 0.3) is 0 Å². The lowest BCUT2D eigenvalue weighted by Gasteiger charge is -2.16. The summed E-state index contributed by atoms with van der Waals surface area (Å²) in [4.78, 5) is 2.45. The molecule has 0 radical (unpaired) electrons. The quantitative estimate of drug-likeness (QED) is 0.572. The maximum absolute atomic E-state index is 5.78. The second-order valence-electron chi connectivity index (χ2n) is 7.15. The molecule has 6 nitrogen and oxygen atoms in total. The Hall–Kier alpha value is -2.16. The van der Waals surface area contributed by atoms with Gasteiger partial charge in [0.2, 0.25) is 4.77 Å². The van der Waals surface area contributed by atoms with Gasteiger partial charge in [-0.2, -0.15) is 4.68 Å². The first-order chi connectivity index (χ1) is 13.6. The van der Waals surface area contributed by atoms with E-state index in [-0.39, 0.29) is 0 Å². The second-order valence-corrected chi connectivity index (χ2v) is 8.47. The Morgan fingerprint density at radius 1 is 1.25 bits per heavy atom. The summed E-state index contributed by atoms with van der Waals surface area (Å²) in [6, 6.07) is 10.6. The average molecular weight is 418 g/mol. The Morgan fingerprint density at radius 2 is 2.07 bits per heavy atom. The molecule has 1 aliphatic carbocycles. The minimum atomic E-state index is 0.500. The molecular formula is C20H25N4O2S2+. The summed E-state index contributed by atoms with van der Waals surface area (Å²) in [5.74, 6) is 2.63. The largest absolute Gasteiger partial charge is 0.497 e. The first kappa shape index (κ1) is 19.2. The van der Waals surface area contributed by atoms with Crippen LogP contribution in [0.2, 0.25) is 0 Å². The maximum Gasteiger partial charge on any atom is 0.203 e. The Kier molecular flexibility index (Phi) is 5.52. The SMILES string of the molecule is COc1ccc(C[NH+](C)Cn2nc(-c3cccs3)n(C3CC3)c2=S)c(OC)c1. The topological polar surface area (TPSA) is 45.7 Å². The predicted molar refractivity (Wildman–Crippen MR) is 113 cm³/mol. The van der Waals surface area contributed by atoms with Crippen molar-refractivity contribution in [2.24, 2.45) is 0 Å². The fraction of sp³-hybridized carbons (Fsp3) is 0.400. The van der Waals surface area contributed by atoms with E-state index in [1.807, 2.05) is 16.8 Å². The van der Waals surface area contributed by atoms with Gasteiger partial charge >= 0.3 is 0 Å². The van der Waals surface area contributed by atoms with Crippen LogP contribution < -0.4 is 14.4 Å². The number of aromatic nitrogens is 3. The molecule has 3 aromatic rings. The highest BCUT2D eigenvalue weighted by Gasteiger charge is 2.29. The molecule has 2 aromatic heterocycles. The number of nitrogens with one attached hydrogen (secondary N) is 1. The molecule has 1 unspecified atom stereocenters. The van der Waals surface area contributed by atoms with Crippen LogP contribution in [0.5, 0.6) is 11.5 Å². The van der Waals surface area contributed by atoms with Crippen molar-refractivity contribution < 1.29 is 14.4 Å². The van der Waals surface area contributed by atoms with Crippen LogP contribution in [-0.4, -0.2) is 35.6 Å². The number of hydrogen-bond acceptors (Lipinski definition) is 5. The zero-order valence-corrected chi connectivity index (χ0v) is 18.0. The summed E-state index contributed by atoms with van der Waals surface area (Å²) < 4.78 is 15.8. The van der Waals surface area contributed by atoms with Gasteiger partial charge in [0.15, 0.2) is 12.5 Å². The molecule has 1 saturated carbocycles. The van der Waals surface area contributed by atoms with Crippen LogP contribution in [0, 0.1) is 4.77 Å². The number of ether oxygens (including phenoxy) is 2. The van der Waals surface area contributed by atoms with Gasteiger partial charge in [-0.05, 0) is 48.6 Å². The summed E-state index contributed by atoms with van der Waals surface area (Å²) >= 11 is 7.49. The first-order valence-electron chi connectivity index (χ1n) is 9.36. The highest BCUT2D eigenvalue weighted by atomic mass is 32.1. The third-order valence-corrected chi connectivity index (χ3v) is 6.20. The lowest BCUT2D eigenvalue weighted by atomic mass is 10.2. The van der Waals surface area contributed by atoms with Crippen LogP contribution in [-0.2, 0) is 13.2 Å². The van der Waals surface area contributed by atoms with Gasteiger partial charge in [0.1, 0.15) is 18.0 Å². The van der Waals surface area contributed by atoms with Crippen LogP contribution >= 0.6 is 23.6 Å². The fourth-order valence-electron chi connectivity index (χ4n) is 3.39. The van der Waals surface area contributed by atoms with Gasteiger partial charge in [-0.1, -0.05) is 6.07 Å². The van der Waals surface area contributed by atoms with Crippen LogP contribution in [0.25, 0.3) is 10.7 Å². The maximum atomic E-state index is 5.78. The number of thiophene rings is 1. The number of benzene rings is 1. The van der Waals surface area contributed by atoms with Gasteiger partial charge in [0, 0.05) is 17.7 Å². The first-order valence-corrected chi connectivity index (χ1v) is 10.6. The Morgan fingerprint density at radius 3 is 2.71 bits per heavy atom. The molecule has 1 fully saturated rings. The van der Waals surface area contributed by atoms with Crippen molar-refractivity contribution in [1.29, 1.82) is 0 Å². The van der Waals surface area contributed by atoms with E-state index >= 15 is 0 Å². The van der Waals surface area contributed by atoms with E-state index in [1.165, 1.54) is 22.6 Å². The van der Waals surface area contributed by atoms with Crippen LogP contribution in [0.1, 0.15) is 24.4 Å². The lowest BCUT2D eigenvalue weighted by molar-refractivity contribution is -0.917.